The van der Waals surface area contributed by atoms with Crippen LogP contribution in [0.2, 0.25) is 0 Å². The average molecular weight is 524 g/mol. The van der Waals surface area contributed by atoms with E-state index in [4.69, 9.17) is 4.74 Å². The third-order valence-corrected chi connectivity index (χ3v) is 3.66. The van der Waals surface area contributed by atoms with Gasteiger partial charge in [-0.3, -0.25) is 9.98 Å². The maximum atomic E-state index is 13.6. The van der Waals surface area contributed by atoms with Crippen molar-refractivity contribution >= 4 is 29.9 Å². The highest BCUT2D eigenvalue weighted by molar-refractivity contribution is 14.0. The summed E-state index contributed by atoms with van der Waals surface area (Å²) >= 11 is 0. The van der Waals surface area contributed by atoms with E-state index in [1.165, 1.54) is 24.4 Å². The Balaban J connectivity index is 0.00000420. The largest absolute Gasteiger partial charge is 0.493 e. The first kappa shape index (κ1) is 24.8. The minimum Gasteiger partial charge on any atom is -0.493 e. The number of rotatable bonds is 9. The summed E-state index contributed by atoms with van der Waals surface area (Å²) in [6.45, 7) is -0.238. The fourth-order valence-electron chi connectivity index (χ4n) is 2.31. The molecule has 0 bridgehead atoms. The highest BCUT2D eigenvalue weighted by Crippen LogP contribution is 2.26. The van der Waals surface area contributed by atoms with E-state index in [0.717, 1.165) is 6.42 Å². The Morgan fingerprint density at radius 3 is 2.62 bits per heavy atom. The van der Waals surface area contributed by atoms with Gasteiger partial charge in [0.05, 0.1) is 18.8 Å². The van der Waals surface area contributed by atoms with E-state index in [0.29, 0.717) is 23.9 Å². The lowest BCUT2D eigenvalue weighted by Crippen LogP contribution is -2.36. The van der Waals surface area contributed by atoms with Crippen LogP contribution in [0.5, 0.6) is 11.5 Å². The zero-order chi connectivity index (χ0) is 20.4. The smallest absolute Gasteiger partial charge is 0.387 e. The summed E-state index contributed by atoms with van der Waals surface area (Å²) in [5, 5.41) is 5.89. The molecule has 2 aromatic rings. The molecule has 0 unspecified atom stereocenters. The molecule has 2 N–H and O–H groups in total. The Kier molecular flexibility index (Phi) is 11.2. The van der Waals surface area contributed by atoms with E-state index in [1.807, 2.05) is 6.92 Å². The molecule has 0 amide bonds. The number of aromatic nitrogens is 1. The minimum atomic E-state index is -2.95. The predicted molar refractivity (Wildman–Crippen MR) is 116 cm³/mol. The third-order valence-electron chi connectivity index (χ3n) is 3.66. The first-order valence-electron chi connectivity index (χ1n) is 8.78. The predicted octanol–water partition coefficient (Wildman–Crippen LogP) is 4.09. The lowest BCUT2D eigenvalue weighted by Gasteiger charge is -2.16. The molecule has 0 aliphatic rings. The van der Waals surface area contributed by atoms with Gasteiger partial charge >= 0.3 is 6.61 Å². The van der Waals surface area contributed by atoms with Crippen LogP contribution in [0.3, 0.4) is 0 Å². The van der Waals surface area contributed by atoms with Crippen molar-refractivity contribution in [1.82, 2.24) is 15.6 Å². The van der Waals surface area contributed by atoms with Crippen molar-refractivity contribution < 1.29 is 22.6 Å². The fraction of sp³-hybridized carbons (Fsp3) is 0.368. The fourth-order valence-corrected chi connectivity index (χ4v) is 2.31. The van der Waals surface area contributed by atoms with Gasteiger partial charge in [-0.25, -0.2) is 4.39 Å². The van der Waals surface area contributed by atoms with Crippen molar-refractivity contribution in [3.8, 4) is 11.5 Å². The summed E-state index contributed by atoms with van der Waals surface area (Å²) in [7, 11) is 1.54. The van der Waals surface area contributed by atoms with Crippen molar-refractivity contribution in [2.24, 2.45) is 4.99 Å². The Bertz CT molecular complexity index is 794. The van der Waals surface area contributed by atoms with Gasteiger partial charge in [0, 0.05) is 31.4 Å². The number of benzene rings is 1. The van der Waals surface area contributed by atoms with E-state index >= 15 is 0 Å². The number of guanidine groups is 1. The molecular formula is C19H24F3IN4O2. The lowest BCUT2D eigenvalue weighted by molar-refractivity contribution is -0.0505. The van der Waals surface area contributed by atoms with Crippen molar-refractivity contribution in [3.05, 3.63) is 53.6 Å². The van der Waals surface area contributed by atoms with E-state index in [9.17, 15) is 13.2 Å². The van der Waals surface area contributed by atoms with Crippen molar-refractivity contribution in [1.29, 1.82) is 0 Å². The molecule has 0 saturated heterocycles. The number of alkyl halides is 2. The average Bonchev–Trinajstić information content (AvgIpc) is 2.68. The number of hydrogen-bond donors (Lipinski definition) is 2. The first-order valence-corrected chi connectivity index (χ1v) is 8.78. The number of ether oxygens (including phenoxy) is 2. The summed E-state index contributed by atoms with van der Waals surface area (Å²) in [6.07, 6.45) is 2.29. The van der Waals surface area contributed by atoms with Gasteiger partial charge < -0.3 is 20.1 Å². The van der Waals surface area contributed by atoms with Gasteiger partial charge in [0.25, 0.3) is 0 Å². The molecule has 0 spiro atoms. The summed E-state index contributed by atoms with van der Waals surface area (Å²) in [5.41, 5.74) is 0.737. The molecule has 0 atom stereocenters. The number of hydrogen-bond acceptors (Lipinski definition) is 4. The highest BCUT2D eigenvalue weighted by Gasteiger charge is 2.12. The van der Waals surface area contributed by atoms with Gasteiger partial charge in [-0.05, 0) is 30.7 Å². The second-order valence-electron chi connectivity index (χ2n) is 5.71. The molecule has 29 heavy (non-hydrogen) atoms. The normalized spacial score (nSPS) is 11.0. The standard InChI is InChI=1S/C19H23F3N4O2.HI/c1-3-9-27-14-7-6-13(17(10-14)28-18(21)22)11-25-19(23-2)26-12-16-15(20)5-4-8-24-16;/h4-8,10,18H,3,9,11-12H2,1-2H3,(H2,23,25,26);1H. The van der Waals surface area contributed by atoms with Crippen molar-refractivity contribution in [2.75, 3.05) is 13.7 Å². The van der Waals surface area contributed by atoms with Gasteiger partial charge in [0.15, 0.2) is 5.96 Å². The molecule has 2 rings (SSSR count). The summed E-state index contributed by atoms with van der Waals surface area (Å²) in [6, 6.07) is 7.57. The molecular weight excluding hydrogens is 500 g/mol. The maximum absolute atomic E-state index is 13.6. The Morgan fingerprint density at radius 2 is 1.97 bits per heavy atom. The number of nitrogens with zero attached hydrogens (tertiary/aromatic N) is 2. The molecule has 1 aromatic heterocycles. The van der Waals surface area contributed by atoms with Gasteiger partial charge in [0.2, 0.25) is 0 Å². The van der Waals surface area contributed by atoms with E-state index in [-0.39, 0.29) is 48.5 Å². The van der Waals surface area contributed by atoms with Crippen LogP contribution >= 0.6 is 24.0 Å². The molecule has 0 saturated carbocycles. The van der Waals surface area contributed by atoms with E-state index < -0.39 is 12.4 Å². The number of nitrogens with one attached hydrogen (secondary N) is 2. The summed E-state index contributed by atoms with van der Waals surface area (Å²) in [5.74, 6) is 0.400. The molecule has 10 heteroatoms. The van der Waals surface area contributed by atoms with Crippen LogP contribution in [0, 0.1) is 5.82 Å². The number of pyridine rings is 1. The number of halogens is 4. The molecule has 0 radical (unpaired) electrons. The van der Waals surface area contributed by atoms with Gasteiger partial charge in [-0.15, -0.1) is 24.0 Å². The zero-order valence-electron chi connectivity index (χ0n) is 16.1. The Morgan fingerprint density at radius 1 is 1.21 bits per heavy atom. The minimum absolute atomic E-state index is 0. The van der Waals surface area contributed by atoms with E-state index in [2.05, 4.69) is 25.3 Å². The van der Waals surface area contributed by atoms with Crippen LogP contribution in [0.4, 0.5) is 13.2 Å². The van der Waals surface area contributed by atoms with Gasteiger partial charge in [-0.2, -0.15) is 8.78 Å². The molecule has 6 nitrogen and oxygen atoms in total. The van der Waals surface area contributed by atoms with Crippen molar-refractivity contribution in [2.45, 2.75) is 33.0 Å². The van der Waals surface area contributed by atoms with Crippen LogP contribution in [-0.4, -0.2) is 31.2 Å². The molecule has 0 aliphatic carbocycles. The molecule has 1 aromatic carbocycles. The monoisotopic (exact) mass is 524 g/mol. The molecule has 0 fully saturated rings. The van der Waals surface area contributed by atoms with Gasteiger partial charge in [-0.1, -0.05) is 6.92 Å². The number of aliphatic imine (C=N–C) groups is 1. The SMILES string of the molecule is CCCOc1ccc(CNC(=NC)NCc2ncccc2F)c(OC(F)F)c1.I. The zero-order valence-corrected chi connectivity index (χ0v) is 18.5. The summed E-state index contributed by atoms with van der Waals surface area (Å²) < 4.78 is 49.2. The molecule has 0 aliphatic heterocycles. The first-order chi connectivity index (χ1) is 13.5. The molecule has 1 heterocycles. The third kappa shape index (κ3) is 8.34. The van der Waals surface area contributed by atoms with Crippen molar-refractivity contribution in [3.63, 3.8) is 0 Å². The Hall–Kier alpha value is -2.24. The van der Waals surface area contributed by atoms with Crippen LogP contribution in [0.25, 0.3) is 0 Å². The van der Waals surface area contributed by atoms with Crippen LogP contribution in [0.1, 0.15) is 24.6 Å². The Labute approximate surface area is 184 Å². The second-order valence-corrected chi connectivity index (χ2v) is 5.71. The second kappa shape index (κ2) is 13.1. The highest BCUT2D eigenvalue weighted by atomic mass is 127. The lowest BCUT2D eigenvalue weighted by atomic mass is 10.2. The van der Waals surface area contributed by atoms with Crippen LogP contribution in [0.15, 0.2) is 41.5 Å². The maximum Gasteiger partial charge on any atom is 0.387 e. The van der Waals surface area contributed by atoms with Crippen LogP contribution in [-0.2, 0) is 13.1 Å². The molecule has 160 valence electrons. The summed E-state index contributed by atoms with van der Waals surface area (Å²) in [4.78, 5) is 7.97. The van der Waals surface area contributed by atoms with Crippen LogP contribution < -0.4 is 20.1 Å². The van der Waals surface area contributed by atoms with E-state index in [1.54, 1.807) is 19.2 Å². The topological polar surface area (TPSA) is 67.8 Å². The quantitative estimate of drug-likeness (QED) is 0.294. The van der Waals surface area contributed by atoms with Gasteiger partial charge in [0.1, 0.15) is 17.3 Å².